The number of aliphatic hydroxyl groups excluding tert-OH is 1. The third-order valence-electron chi connectivity index (χ3n) is 4.27. The quantitative estimate of drug-likeness (QED) is 0.721. The third kappa shape index (κ3) is 4.87. The van der Waals surface area contributed by atoms with Gasteiger partial charge in [-0.2, -0.15) is 0 Å². The van der Waals surface area contributed by atoms with E-state index in [1.165, 1.54) is 5.56 Å². The van der Waals surface area contributed by atoms with Crippen molar-refractivity contribution in [2.45, 2.75) is 25.0 Å². The molecule has 2 atom stereocenters. The molecule has 0 aliphatic carbocycles. The number of benzene rings is 2. The molecule has 0 saturated heterocycles. The Morgan fingerprint density at radius 2 is 2.04 bits per heavy atom. The van der Waals surface area contributed by atoms with Crippen molar-refractivity contribution in [2.75, 3.05) is 26.8 Å². The highest BCUT2D eigenvalue weighted by Gasteiger charge is 2.27. The monoisotopic (exact) mass is 343 g/mol. The van der Waals surface area contributed by atoms with Crippen molar-refractivity contribution in [3.8, 4) is 17.2 Å². The summed E-state index contributed by atoms with van der Waals surface area (Å²) in [7, 11) is 1.68. The predicted octanol–water partition coefficient (Wildman–Crippen LogP) is 2.42. The van der Waals surface area contributed by atoms with Crippen LogP contribution >= 0.6 is 0 Å². The van der Waals surface area contributed by atoms with E-state index in [-0.39, 0.29) is 6.10 Å². The van der Waals surface area contributed by atoms with Crippen molar-refractivity contribution in [3.63, 3.8) is 0 Å². The lowest BCUT2D eigenvalue weighted by Gasteiger charge is -2.29. The Balaban J connectivity index is 1.36. The molecule has 25 heavy (non-hydrogen) atoms. The molecule has 2 aromatic carbocycles. The van der Waals surface area contributed by atoms with Gasteiger partial charge in [0.1, 0.15) is 18.5 Å². The fraction of sp³-hybridized carbons (Fsp3) is 0.400. The van der Waals surface area contributed by atoms with Gasteiger partial charge in [-0.3, -0.25) is 0 Å². The number of hydrogen-bond donors (Lipinski definition) is 2. The highest BCUT2D eigenvalue weighted by Crippen LogP contribution is 2.31. The van der Waals surface area contributed by atoms with E-state index in [1.54, 1.807) is 7.11 Å². The van der Waals surface area contributed by atoms with Gasteiger partial charge < -0.3 is 24.6 Å². The molecule has 1 aliphatic heterocycles. The highest BCUT2D eigenvalue weighted by atomic mass is 16.6. The predicted molar refractivity (Wildman–Crippen MR) is 96.5 cm³/mol. The minimum absolute atomic E-state index is 0.346. The summed E-state index contributed by atoms with van der Waals surface area (Å²) in [5.41, 5.74) is 1.25. The second-order valence-electron chi connectivity index (χ2n) is 6.14. The number of fused-ring (bicyclic) bond motifs is 1. The number of rotatable bonds is 8. The van der Waals surface area contributed by atoms with Gasteiger partial charge >= 0.3 is 0 Å². The molecule has 0 fully saturated rings. The fourth-order valence-electron chi connectivity index (χ4n) is 2.85. The van der Waals surface area contributed by atoms with Gasteiger partial charge in [0.25, 0.3) is 0 Å². The molecule has 134 valence electrons. The summed E-state index contributed by atoms with van der Waals surface area (Å²) in [6.45, 7) is 1.68. The molecule has 2 aromatic rings. The first-order chi connectivity index (χ1) is 12.3. The zero-order valence-electron chi connectivity index (χ0n) is 14.5. The van der Waals surface area contributed by atoms with E-state index in [9.17, 15) is 5.11 Å². The first-order valence-electron chi connectivity index (χ1n) is 8.66. The van der Waals surface area contributed by atoms with Crippen LogP contribution in [0, 0.1) is 0 Å². The SMILES string of the molecule is COc1cccc(CCCNCC(O)C2COc3ccccc3O2)c1. The van der Waals surface area contributed by atoms with Crippen molar-refractivity contribution in [3.05, 3.63) is 54.1 Å². The number of para-hydroxylation sites is 2. The third-order valence-corrected chi connectivity index (χ3v) is 4.27. The highest BCUT2D eigenvalue weighted by molar-refractivity contribution is 5.40. The zero-order chi connectivity index (χ0) is 17.5. The van der Waals surface area contributed by atoms with Crippen LogP contribution in [0.15, 0.2) is 48.5 Å². The second kappa shape index (κ2) is 8.74. The van der Waals surface area contributed by atoms with Gasteiger partial charge in [-0.25, -0.2) is 0 Å². The van der Waals surface area contributed by atoms with Crippen molar-refractivity contribution < 1.29 is 19.3 Å². The Labute approximate surface area is 148 Å². The normalized spacial score (nSPS) is 17.1. The smallest absolute Gasteiger partial charge is 0.161 e. The number of aliphatic hydroxyl groups is 1. The zero-order valence-corrected chi connectivity index (χ0v) is 14.5. The molecule has 0 radical (unpaired) electrons. The summed E-state index contributed by atoms with van der Waals surface area (Å²) in [4.78, 5) is 0. The number of ether oxygens (including phenoxy) is 3. The number of aryl methyl sites for hydroxylation is 1. The Morgan fingerprint density at radius 1 is 1.20 bits per heavy atom. The van der Waals surface area contributed by atoms with Crippen LogP contribution in [-0.2, 0) is 6.42 Å². The average molecular weight is 343 g/mol. The van der Waals surface area contributed by atoms with Gasteiger partial charge in [0.05, 0.1) is 7.11 Å². The minimum atomic E-state index is -0.606. The topological polar surface area (TPSA) is 60.0 Å². The van der Waals surface area contributed by atoms with Gasteiger partial charge in [0.2, 0.25) is 0 Å². The van der Waals surface area contributed by atoms with Gasteiger partial charge in [-0.05, 0) is 49.2 Å². The van der Waals surface area contributed by atoms with Crippen LogP contribution in [0.2, 0.25) is 0 Å². The van der Waals surface area contributed by atoms with E-state index in [0.29, 0.717) is 18.9 Å². The molecule has 5 nitrogen and oxygen atoms in total. The maximum absolute atomic E-state index is 10.3. The Morgan fingerprint density at radius 3 is 2.88 bits per heavy atom. The van der Waals surface area contributed by atoms with Crippen LogP contribution < -0.4 is 19.5 Å². The van der Waals surface area contributed by atoms with Crippen LogP contribution in [0.4, 0.5) is 0 Å². The van der Waals surface area contributed by atoms with Gasteiger partial charge in [0.15, 0.2) is 17.6 Å². The summed E-state index contributed by atoms with van der Waals surface area (Å²) in [5, 5.41) is 13.6. The summed E-state index contributed by atoms with van der Waals surface area (Å²) in [6.07, 6.45) is 1.01. The summed E-state index contributed by atoms with van der Waals surface area (Å²) in [6, 6.07) is 15.6. The van der Waals surface area contributed by atoms with Gasteiger partial charge in [-0.1, -0.05) is 24.3 Å². The molecule has 2 unspecified atom stereocenters. The van der Waals surface area contributed by atoms with E-state index < -0.39 is 6.10 Å². The van der Waals surface area contributed by atoms with Crippen LogP contribution in [-0.4, -0.2) is 44.1 Å². The number of methoxy groups -OCH3 is 1. The molecule has 3 rings (SSSR count). The lowest BCUT2D eigenvalue weighted by molar-refractivity contribution is -0.00898. The van der Waals surface area contributed by atoms with Crippen molar-refractivity contribution in [1.29, 1.82) is 0 Å². The second-order valence-corrected chi connectivity index (χ2v) is 6.14. The van der Waals surface area contributed by atoms with E-state index in [4.69, 9.17) is 14.2 Å². The molecule has 0 aromatic heterocycles. The lowest BCUT2D eigenvalue weighted by atomic mass is 10.1. The Hall–Kier alpha value is -2.24. The Bertz CT molecular complexity index is 676. The van der Waals surface area contributed by atoms with Crippen molar-refractivity contribution in [2.24, 2.45) is 0 Å². The summed E-state index contributed by atoms with van der Waals surface area (Å²) >= 11 is 0. The maximum Gasteiger partial charge on any atom is 0.161 e. The average Bonchev–Trinajstić information content (AvgIpc) is 2.67. The fourth-order valence-corrected chi connectivity index (χ4v) is 2.85. The molecule has 1 heterocycles. The van der Waals surface area contributed by atoms with E-state index in [1.807, 2.05) is 36.4 Å². The molecule has 0 saturated carbocycles. The van der Waals surface area contributed by atoms with Crippen LogP contribution in [0.1, 0.15) is 12.0 Å². The molecular weight excluding hydrogens is 318 g/mol. The molecule has 5 heteroatoms. The summed E-state index contributed by atoms with van der Waals surface area (Å²) < 4.78 is 16.7. The molecular formula is C20H25NO4. The molecule has 1 aliphatic rings. The lowest BCUT2D eigenvalue weighted by Crippen LogP contribution is -2.45. The number of nitrogens with one attached hydrogen (secondary N) is 1. The van der Waals surface area contributed by atoms with Crippen LogP contribution in [0.5, 0.6) is 17.2 Å². The van der Waals surface area contributed by atoms with E-state index in [0.717, 1.165) is 30.9 Å². The minimum Gasteiger partial charge on any atom is -0.497 e. The van der Waals surface area contributed by atoms with E-state index in [2.05, 4.69) is 17.4 Å². The van der Waals surface area contributed by atoms with Crippen molar-refractivity contribution >= 4 is 0 Å². The first kappa shape index (κ1) is 17.6. The standard InChI is InChI=1S/C20H25NO4/c1-23-16-8-4-6-15(12-16)7-5-11-21-13-17(22)20-14-24-18-9-2-3-10-19(18)25-20/h2-4,6,8-10,12,17,20-22H,5,7,11,13-14H2,1H3. The first-order valence-corrected chi connectivity index (χ1v) is 8.66. The van der Waals surface area contributed by atoms with Crippen LogP contribution in [0.25, 0.3) is 0 Å². The molecule has 0 bridgehead atoms. The van der Waals surface area contributed by atoms with Crippen molar-refractivity contribution in [1.82, 2.24) is 5.32 Å². The molecule has 0 spiro atoms. The van der Waals surface area contributed by atoms with Crippen LogP contribution in [0.3, 0.4) is 0 Å². The van der Waals surface area contributed by atoms with Gasteiger partial charge in [-0.15, -0.1) is 0 Å². The van der Waals surface area contributed by atoms with Gasteiger partial charge in [0, 0.05) is 6.54 Å². The maximum atomic E-state index is 10.3. The van der Waals surface area contributed by atoms with E-state index >= 15 is 0 Å². The molecule has 0 amide bonds. The summed E-state index contributed by atoms with van der Waals surface area (Å²) in [5.74, 6) is 2.31. The number of hydrogen-bond acceptors (Lipinski definition) is 5. The molecule has 2 N–H and O–H groups in total. The Kier molecular flexibility index (Phi) is 6.14. The largest absolute Gasteiger partial charge is 0.497 e.